The number of nitrogens with two attached hydrogens (primary N) is 1. The Kier molecular flexibility index (Phi) is 4.93. The average Bonchev–Trinajstić information content (AvgIpc) is 3.35. The molecular weight excluding hydrogens is 396 g/mol. The molecule has 0 bridgehead atoms. The molecular formula is C23H18N4O4. The number of para-hydroxylation sites is 1. The standard InChI is InChI=1S/C23H18N4O4/c1-13-9-16(27-12-15(11-24)20(25)21(27)23(29)30-2)7-8-17(13)26-22(28)19-10-14-5-3-4-6-18(14)31-19/h3-10,12H,25H2,1-2H3,(H,26,28). The van der Waals surface area contributed by atoms with Crippen molar-refractivity contribution in [2.75, 3.05) is 18.2 Å². The molecule has 0 fully saturated rings. The van der Waals surface area contributed by atoms with Gasteiger partial charge in [-0.3, -0.25) is 4.79 Å². The third-order valence-electron chi connectivity index (χ3n) is 4.93. The molecule has 8 nitrogen and oxygen atoms in total. The summed E-state index contributed by atoms with van der Waals surface area (Å²) in [6.07, 6.45) is 1.48. The van der Waals surface area contributed by atoms with Crippen molar-refractivity contribution < 1.29 is 18.7 Å². The number of hydrogen-bond donors (Lipinski definition) is 2. The van der Waals surface area contributed by atoms with Gasteiger partial charge >= 0.3 is 5.97 Å². The molecule has 4 rings (SSSR count). The number of benzene rings is 2. The molecule has 0 unspecified atom stereocenters. The fraction of sp³-hybridized carbons (Fsp3) is 0.0870. The number of nitriles is 1. The summed E-state index contributed by atoms with van der Waals surface area (Å²) in [6, 6.07) is 16.2. The normalized spacial score (nSPS) is 10.6. The predicted octanol–water partition coefficient (Wildman–Crippen LogP) is 4.02. The Morgan fingerprint density at radius 2 is 1.97 bits per heavy atom. The predicted molar refractivity (Wildman–Crippen MR) is 115 cm³/mol. The lowest BCUT2D eigenvalue weighted by molar-refractivity contribution is 0.0593. The molecule has 3 N–H and O–H groups in total. The fourth-order valence-electron chi connectivity index (χ4n) is 3.33. The monoisotopic (exact) mass is 414 g/mol. The molecule has 2 heterocycles. The second-order valence-electron chi connectivity index (χ2n) is 6.88. The van der Waals surface area contributed by atoms with Crippen LogP contribution < -0.4 is 11.1 Å². The van der Waals surface area contributed by atoms with Crippen LogP contribution in [0, 0.1) is 18.3 Å². The molecule has 0 saturated heterocycles. The van der Waals surface area contributed by atoms with Crippen LogP contribution in [0.4, 0.5) is 11.4 Å². The summed E-state index contributed by atoms with van der Waals surface area (Å²) in [4.78, 5) is 24.8. The van der Waals surface area contributed by atoms with Gasteiger partial charge in [-0.1, -0.05) is 18.2 Å². The van der Waals surface area contributed by atoms with Gasteiger partial charge in [-0.25, -0.2) is 4.79 Å². The average molecular weight is 414 g/mol. The first-order valence-electron chi connectivity index (χ1n) is 9.33. The highest BCUT2D eigenvalue weighted by Crippen LogP contribution is 2.27. The van der Waals surface area contributed by atoms with Crippen molar-refractivity contribution >= 4 is 34.2 Å². The van der Waals surface area contributed by atoms with Crippen molar-refractivity contribution in [2.45, 2.75) is 6.92 Å². The molecule has 0 saturated carbocycles. The number of esters is 1. The van der Waals surface area contributed by atoms with Gasteiger partial charge in [-0.05, 0) is 42.8 Å². The minimum Gasteiger partial charge on any atom is -0.464 e. The van der Waals surface area contributed by atoms with Crippen LogP contribution in [0.5, 0.6) is 0 Å². The molecule has 2 aromatic carbocycles. The van der Waals surface area contributed by atoms with Crippen molar-refractivity contribution in [3.05, 3.63) is 77.3 Å². The van der Waals surface area contributed by atoms with E-state index in [2.05, 4.69) is 5.32 Å². The lowest BCUT2D eigenvalue weighted by Crippen LogP contribution is -2.13. The van der Waals surface area contributed by atoms with Crippen molar-refractivity contribution in [2.24, 2.45) is 0 Å². The van der Waals surface area contributed by atoms with Crippen molar-refractivity contribution in [3.8, 4) is 11.8 Å². The molecule has 31 heavy (non-hydrogen) atoms. The summed E-state index contributed by atoms with van der Waals surface area (Å²) in [5, 5.41) is 12.9. The fourth-order valence-corrected chi connectivity index (χ4v) is 3.33. The summed E-state index contributed by atoms with van der Waals surface area (Å²) in [5.74, 6) is -0.826. The van der Waals surface area contributed by atoms with Crippen molar-refractivity contribution in [1.82, 2.24) is 4.57 Å². The Labute approximate surface area is 177 Å². The van der Waals surface area contributed by atoms with Crippen LogP contribution in [0.1, 0.15) is 32.2 Å². The summed E-state index contributed by atoms with van der Waals surface area (Å²) in [6.45, 7) is 1.81. The van der Waals surface area contributed by atoms with Crippen LogP contribution in [-0.4, -0.2) is 23.6 Å². The highest BCUT2D eigenvalue weighted by atomic mass is 16.5. The molecule has 0 aliphatic carbocycles. The van der Waals surface area contributed by atoms with Gasteiger partial charge in [0.1, 0.15) is 11.7 Å². The second-order valence-corrected chi connectivity index (χ2v) is 6.88. The highest BCUT2D eigenvalue weighted by molar-refractivity contribution is 6.05. The number of fused-ring (bicyclic) bond motifs is 1. The molecule has 1 amide bonds. The second kappa shape index (κ2) is 7.72. The van der Waals surface area contributed by atoms with E-state index in [9.17, 15) is 14.9 Å². The van der Waals surface area contributed by atoms with Crippen molar-refractivity contribution in [1.29, 1.82) is 5.26 Å². The number of rotatable bonds is 4. The van der Waals surface area contributed by atoms with E-state index >= 15 is 0 Å². The number of aromatic nitrogens is 1. The largest absolute Gasteiger partial charge is 0.464 e. The van der Waals surface area contributed by atoms with E-state index in [1.165, 1.54) is 17.9 Å². The van der Waals surface area contributed by atoms with E-state index in [-0.39, 0.29) is 28.6 Å². The number of furan rings is 1. The zero-order chi connectivity index (χ0) is 22.1. The lowest BCUT2D eigenvalue weighted by atomic mass is 10.1. The van der Waals surface area contributed by atoms with Gasteiger partial charge in [-0.2, -0.15) is 5.26 Å². The van der Waals surface area contributed by atoms with Gasteiger partial charge in [0.05, 0.1) is 18.4 Å². The molecule has 0 aliphatic heterocycles. The third kappa shape index (κ3) is 3.49. The molecule has 4 aromatic rings. The van der Waals surface area contributed by atoms with E-state index in [0.717, 1.165) is 10.9 Å². The van der Waals surface area contributed by atoms with Gasteiger partial charge in [0.25, 0.3) is 5.91 Å². The summed E-state index contributed by atoms with van der Waals surface area (Å²) >= 11 is 0. The summed E-state index contributed by atoms with van der Waals surface area (Å²) in [7, 11) is 1.24. The number of methoxy groups -OCH3 is 1. The Bertz CT molecular complexity index is 1340. The minimum absolute atomic E-state index is 0.0502. The zero-order valence-corrected chi connectivity index (χ0v) is 16.8. The van der Waals surface area contributed by atoms with E-state index in [1.54, 1.807) is 30.3 Å². The van der Waals surface area contributed by atoms with Crippen LogP contribution in [0.2, 0.25) is 0 Å². The number of hydrogen-bond acceptors (Lipinski definition) is 6. The number of aryl methyl sites for hydroxylation is 1. The summed E-state index contributed by atoms with van der Waals surface area (Å²) < 4.78 is 11.9. The molecule has 2 aromatic heterocycles. The van der Waals surface area contributed by atoms with Crippen molar-refractivity contribution in [3.63, 3.8) is 0 Å². The number of nitrogen functional groups attached to an aromatic ring is 1. The number of carbonyl (C=O) groups excluding carboxylic acids is 2. The summed E-state index contributed by atoms with van der Waals surface area (Å²) in [5.41, 5.74) is 8.77. The van der Waals surface area contributed by atoms with Crippen LogP contribution in [-0.2, 0) is 4.74 Å². The first-order chi connectivity index (χ1) is 14.9. The maximum absolute atomic E-state index is 12.6. The Hall–Kier alpha value is -4.51. The highest BCUT2D eigenvalue weighted by Gasteiger charge is 2.22. The van der Waals surface area contributed by atoms with Crippen LogP contribution in [0.25, 0.3) is 16.7 Å². The molecule has 0 atom stereocenters. The molecule has 0 aliphatic rings. The number of carbonyl (C=O) groups is 2. The first-order valence-corrected chi connectivity index (χ1v) is 9.33. The van der Waals surface area contributed by atoms with Gasteiger partial charge in [0.15, 0.2) is 11.5 Å². The smallest absolute Gasteiger partial charge is 0.357 e. The van der Waals surface area contributed by atoms with Gasteiger partial charge < -0.3 is 24.8 Å². The molecule has 0 radical (unpaired) electrons. The van der Waals surface area contributed by atoms with Crippen LogP contribution >= 0.6 is 0 Å². The third-order valence-corrected chi connectivity index (χ3v) is 4.93. The minimum atomic E-state index is -0.654. The first kappa shape index (κ1) is 19.8. The van der Waals surface area contributed by atoms with Gasteiger partial charge in [0, 0.05) is 23.0 Å². The number of amides is 1. The maximum Gasteiger partial charge on any atom is 0.357 e. The van der Waals surface area contributed by atoms with Crippen LogP contribution in [0.3, 0.4) is 0 Å². The molecule has 8 heteroatoms. The quantitative estimate of drug-likeness (QED) is 0.486. The SMILES string of the molecule is COC(=O)c1c(N)c(C#N)cn1-c1ccc(NC(=O)c2cc3ccccc3o2)c(C)c1. The van der Waals surface area contributed by atoms with E-state index in [1.807, 2.05) is 31.2 Å². The zero-order valence-electron chi connectivity index (χ0n) is 16.8. The maximum atomic E-state index is 12.6. The topological polar surface area (TPSA) is 123 Å². The molecule has 0 spiro atoms. The number of ether oxygens (including phenoxy) is 1. The van der Waals surface area contributed by atoms with E-state index in [4.69, 9.17) is 14.9 Å². The Morgan fingerprint density at radius 3 is 2.65 bits per heavy atom. The number of nitrogens with zero attached hydrogens (tertiary/aromatic N) is 2. The number of anilines is 2. The Balaban J connectivity index is 1.65. The van der Waals surface area contributed by atoms with Gasteiger partial charge in [-0.15, -0.1) is 0 Å². The van der Waals surface area contributed by atoms with E-state index < -0.39 is 5.97 Å². The molecule has 154 valence electrons. The van der Waals surface area contributed by atoms with E-state index in [0.29, 0.717) is 17.0 Å². The lowest BCUT2D eigenvalue weighted by Gasteiger charge is -2.12. The Morgan fingerprint density at radius 1 is 1.19 bits per heavy atom. The number of nitrogens with one attached hydrogen (secondary N) is 1. The van der Waals surface area contributed by atoms with Gasteiger partial charge in [0.2, 0.25) is 0 Å². The van der Waals surface area contributed by atoms with Crippen LogP contribution in [0.15, 0.2) is 59.1 Å².